The number of ether oxygens (including phenoxy) is 2. The van der Waals surface area contributed by atoms with Crippen LogP contribution in [0.5, 0.6) is 0 Å². The molecule has 0 fully saturated rings. The molecule has 0 aliphatic rings. The first kappa shape index (κ1) is 69.0. The first-order chi connectivity index (χ1) is 34.7. The van der Waals surface area contributed by atoms with E-state index in [0.717, 1.165) is 83.5 Å². The number of allylic oxidation sites excluding steroid dienone is 4. The fraction of sp³-hybridized carbons (Fsp3) is 0.883. The van der Waals surface area contributed by atoms with Crippen LogP contribution < -0.4 is 5.32 Å². The Morgan fingerprint density at radius 2 is 0.746 bits per heavy atom. The quantitative estimate of drug-likeness (QED) is 0.0264. The van der Waals surface area contributed by atoms with Gasteiger partial charge < -0.3 is 19.7 Å². The summed E-state index contributed by atoms with van der Waals surface area (Å²) in [6.07, 6.45) is 59.6. The lowest BCUT2D eigenvalue weighted by Crippen LogP contribution is -2.30. The fourth-order valence-electron chi connectivity index (χ4n) is 8.79. The molecule has 71 heavy (non-hydrogen) atoms. The summed E-state index contributed by atoms with van der Waals surface area (Å²) in [5.74, 6) is -0.987. The van der Waals surface area contributed by atoms with E-state index in [2.05, 4.69) is 50.4 Å². The van der Waals surface area contributed by atoms with Crippen molar-refractivity contribution in [2.24, 2.45) is 0 Å². The lowest BCUT2D eigenvalue weighted by Gasteiger charge is -2.20. The van der Waals surface area contributed by atoms with Crippen LogP contribution in [0.15, 0.2) is 24.3 Å². The summed E-state index contributed by atoms with van der Waals surface area (Å²) in [5.41, 5.74) is 0. The number of esters is 2. The predicted molar refractivity (Wildman–Crippen MR) is 299 cm³/mol. The second kappa shape index (κ2) is 55.7. The van der Waals surface area contributed by atoms with Crippen LogP contribution in [-0.2, 0) is 37.5 Å². The lowest BCUT2D eigenvalue weighted by molar-refractivity contribution is -0.161. The second-order valence-corrected chi connectivity index (χ2v) is 21.9. The Morgan fingerprint density at radius 1 is 0.423 bits per heavy atom. The monoisotopic (exact) mass is 1020 g/mol. The minimum absolute atomic E-state index is 0.0634. The Labute approximate surface area is 438 Å². The van der Waals surface area contributed by atoms with E-state index in [1.165, 1.54) is 173 Å². The van der Waals surface area contributed by atoms with Gasteiger partial charge in [-0.2, -0.15) is 0 Å². The third kappa shape index (κ3) is 55.6. The fourth-order valence-corrected chi connectivity index (χ4v) is 9.54. The maximum Gasteiger partial charge on any atom is 0.472 e. The van der Waals surface area contributed by atoms with Gasteiger partial charge in [-0.1, -0.05) is 244 Å². The van der Waals surface area contributed by atoms with Crippen molar-refractivity contribution < 1.29 is 42.4 Å². The average Bonchev–Trinajstić information content (AvgIpc) is 3.36. The number of nitrogens with one attached hydrogen (secondary N) is 1. The van der Waals surface area contributed by atoms with Crippen molar-refractivity contribution in [3.8, 4) is 0 Å². The van der Waals surface area contributed by atoms with E-state index in [1.54, 1.807) is 0 Å². The number of carbonyl (C=O) groups excluding carboxylic acids is 3. The molecule has 1 unspecified atom stereocenters. The largest absolute Gasteiger partial charge is 0.472 e. The third-order valence-corrected chi connectivity index (χ3v) is 14.4. The molecule has 0 saturated carbocycles. The average molecular weight is 1020 g/mol. The van der Waals surface area contributed by atoms with Crippen molar-refractivity contribution in [1.82, 2.24) is 5.32 Å². The molecule has 0 rings (SSSR count). The number of phosphoric ester groups is 1. The Kier molecular flexibility index (Phi) is 54.2. The van der Waals surface area contributed by atoms with Crippen LogP contribution in [0.1, 0.15) is 310 Å². The highest BCUT2D eigenvalue weighted by atomic mass is 31.2. The van der Waals surface area contributed by atoms with Crippen molar-refractivity contribution >= 4 is 25.7 Å². The van der Waals surface area contributed by atoms with Crippen molar-refractivity contribution in [2.45, 2.75) is 316 Å². The zero-order chi connectivity index (χ0) is 51.8. The second-order valence-electron chi connectivity index (χ2n) is 20.5. The van der Waals surface area contributed by atoms with Crippen LogP contribution in [0.3, 0.4) is 0 Å². The summed E-state index contributed by atoms with van der Waals surface area (Å²) in [6, 6.07) is 0. The van der Waals surface area contributed by atoms with E-state index in [-0.39, 0.29) is 38.5 Å². The summed E-state index contributed by atoms with van der Waals surface area (Å²) >= 11 is 0. The number of hydrogen-bond acceptors (Lipinski definition) is 8. The number of hydrogen-bond donors (Lipinski definition) is 2. The smallest absolute Gasteiger partial charge is 0.462 e. The van der Waals surface area contributed by atoms with E-state index >= 15 is 0 Å². The van der Waals surface area contributed by atoms with Gasteiger partial charge in [0.1, 0.15) is 6.61 Å². The maximum atomic E-state index is 12.9. The zero-order valence-corrected chi connectivity index (χ0v) is 47.6. The number of carbonyl (C=O) groups is 3. The highest BCUT2D eigenvalue weighted by Crippen LogP contribution is 2.43. The molecule has 11 heteroatoms. The van der Waals surface area contributed by atoms with Gasteiger partial charge >= 0.3 is 19.8 Å². The minimum atomic E-state index is -4.54. The van der Waals surface area contributed by atoms with Gasteiger partial charge in [0.2, 0.25) is 5.91 Å². The van der Waals surface area contributed by atoms with Gasteiger partial charge in [-0.25, -0.2) is 4.57 Å². The van der Waals surface area contributed by atoms with E-state index in [4.69, 9.17) is 18.5 Å². The number of amides is 1. The van der Waals surface area contributed by atoms with Crippen LogP contribution in [-0.4, -0.2) is 55.2 Å². The van der Waals surface area contributed by atoms with Crippen molar-refractivity contribution in [3.05, 3.63) is 24.3 Å². The summed E-state index contributed by atoms with van der Waals surface area (Å²) in [7, 11) is -4.54. The molecule has 0 radical (unpaired) electrons. The number of unbranched alkanes of at least 4 members (excludes halogenated alkanes) is 37. The Bertz CT molecular complexity index is 1280. The normalized spacial score (nSPS) is 13.0. The third-order valence-electron chi connectivity index (χ3n) is 13.4. The van der Waals surface area contributed by atoms with E-state index < -0.39 is 32.5 Å². The first-order valence-corrected chi connectivity index (χ1v) is 31.8. The molecule has 0 bridgehead atoms. The summed E-state index contributed by atoms with van der Waals surface area (Å²) in [4.78, 5) is 48.3. The summed E-state index contributed by atoms with van der Waals surface area (Å²) < 4.78 is 34.2. The molecule has 2 atom stereocenters. The van der Waals surface area contributed by atoms with Crippen molar-refractivity contribution in [1.29, 1.82) is 0 Å². The molecule has 0 spiro atoms. The molecule has 10 nitrogen and oxygen atoms in total. The molecule has 0 saturated heterocycles. The molecular weight excluding hydrogens is 910 g/mol. The highest BCUT2D eigenvalue weighted by molar-refractivity contribution is 7.47. The van der Waals surface area contributed by atoms with Gasteiger partial charge in [-0.05, 0) is 70.6 Å². The zero-order valence-electron chi connectivity index (χ0n) is 46.7. The molecule has 0 aliphatic carbocycles. The highest BCUT2D eigenvalue weighted by Gasteiger charge is 2.26. The van der Waals surface area contributed by atoms with Crippen molar-refractivity contribution in [2.75, 3.05) is 26.4 Å². The molecule has 0 heterocycles. The molecular formula is C60H114NO9P. The van der Waals surface area contributed by atoms with E-state index in [9.17, 15) is 23.8 Å². The maximum absolute atomic E-state index is 12.9. The number of phosphoric acid groups is 1. The van der Waals surface area contributed by atoms with Gasteiger partial charge in [0.25, 0.3) is 0 Å². The Hall–Kier alpha value is -2.00. The molecule has 418 valence electrons. The SMILES string of the molecule is CCCCCCCC/C=C\CCCCCCCC(=O)OC[C@H](COP(=O)(O)OCCNC(=O)CCCCCCCCCCCCCCCCCC)OC(=O)CCCCCCC/C=C\CCCCCCCC. The minimum Gasteiger partial charge on any atom is -0.462 e. The summed E-state index contributed by atoms with van der Waals surface area (Å²) in [5, 5.41) is 2.75. The topological polar surface area (TPSA) is 137 Å². The standard InChI is InChI=1S/C60H114NO9P/c1-4-7-10-13-16-19-22-25-28-31-32-35-38-41-44-47-50-58(62)61-53-54-68-71(65,66)69-56-57(70-60(64)52-49-46-43-40-37-34-30-27-24-21-18-15-12-9-6-3)55-67-59(63)51-48-45-42-39-36-33-29-26-23-20-17-14-11-8-5-2/h26-27,29-30,57H,4-25,28,31-56H2,1-3H3,(H,61,62)(H,65,66)/b29-26-,30-27-/t57-/m1/s1. The molecule has 0 aromatic carbocycles. The van der Waals surface area contributed by atoms with E-state index in [1.807, 2.05) is 0 Å². The van der Waals surface area contributed by atoms with Gasteiger partial charge in [-0.15, -0.1) is 0 Å². The molecule has 1 amide bonds. The van der Waals surface area contributed by atoms with Crippen LogP contribution in [0, 0.1) is 0 Å². The molecule has 2 N–H and O–H groups in total. The van der Waals surface area contributed by atoms with Crippen LogP contribution in [0.4, 0.5) is 0 Å². The van der Waals surface area contributed by atoms with E-state index in [0.29, 0.717) is 19.3 Å². The van der Waals surface area contributed by atoms with Gasteiger partial charge in [0.15, 0.2) is 6.10 Å². The van der Waals surface area contributed by atoms with Crippen LogP contribution in [0.2, 0.25) is 0 Å². The van der Waals surface area contributed by atoms with Gasteiger partial charge in [0, 0.05) is 25.8 Å². The number of rotatable bonds is 57. The Morgan fingerprint density at radius 3 is 1.13 bits per heavy atom. The molecule has 0 aliphatic heterocycles. The predicted octanol–water partition coefficient (Wildman–Crippen LogP) is 18.4. The lowest BCUT2D eigenvalue weighted by atomic mass is 10.0. The van der Waals surface area contributed by atoms with Gasteiger partial charge in [0.05, 0.1) is 13.2 Å². The first-order valence-electron chi connectivity index (χ1n) is 30.3. The Balaban J connectivity index is 4.49. The molecule has 0 aromatic rings. The van der Waals surface area contributed by atoms with Crippen LogP contribution >= 0.6 is 7.82 Å². The van der Waals surface area contributed by atoms with Gasteiger partial charge in [-0.3, -0.25) is 23.4 Å². The van der Waals surface area contributed by atoms with Crippen LogP contribution in [0.25, 0.3) is 0 Å². The summed E-state index contributed by atoms with van der Waals surface area (Å²) in [6.45, 7) is 5.86. The van der Waals surface area contributed by atoms with Crippen molar-refractivity contribution in [3.63, 3.8) is 0 Å². The molecule has 0 aromatic heterocycles.